The Hall–Kier alpha value is -1.72. The van der Waals surface area contributed by atoms with Crippen molar-refractivity contribution in [3.8, 4) is 0 Å². The maximum Gasteiger partial charge on any atom is 0.305 e. The van der Waals surface area contributed by atoms with E-state index < -0.39 is 11.7 Å². The summed E-state index contributed by atoms with van der Waals surface area (Å²) in [7, 11) is 1.29. The second-order valence-electron chi connectivity index (χ2n) is 3.08. The molecule has 0 aliphatic heterocycles. The van der Waals surface area contributed by atoms with Gasteiger partial charge in [-0.15, -0.1) is 0 Å². The van der Waals surface area contributed by atoms with E-state index in [1.807, 2.05) is 0 Å². The molecule has 0 atom stereocenters. The van der Waals surface area contributed by atoms with Crippen LogP contribution in [0.2, 0.25) is 0 Å². The minimum Gasteiger partial charge on any atom is -0.469 e. The quantitative estimate of drug-likeness (QED) is 0.265. The van der Waals surface area contributed by atoms with E-state index >= 15 is 0 Å². The normalized spacial score (nSPS) is 9.31. The highest BCUT2D eigenvalue weighted by molar-refractivity contribution is 6.36. The van der Waals surface area contributed by atoms with Gasteiger partial charge in [0.15, 0.2) is 0 Å². The molecular weight excluding hydrogens is 214 g/mol. The molecule has 0 unspecified atom stereocenters. The summed E-state index contributed by atoms with van der Waals surface area (Å²) in [5.74, 6) is -1.67. The molecule has 0 aromatic carbocycles. The zero-order chi connectivity index (χ0) is 12.4. The molecule has 0 aliphatic carbocycles. The molecule has 1 amide bonds. The van der Waals surface area contributed by atoms with Crippen LogP contribution in [0.15, 0.2) is 0 Å². The van der Waals surface area contributed by atoms with Crippen LogP contribution in [0.4, 0.5) is 0 Å². The van der Waals surface area contributed by atoms with Gasteiger partial charge in [-0.25, -0.2) is 0 Å². The lowest BCUT2D eigenvalue weighted by Crippen LogP contribution is -2.32. The van der Waals surface area contributed by atoms with Crippen LogP contribution in [0, 0.1) is 0 Å². The fourth-order valence-corrected chi connectivity index (χ4v) is 1.00. The lowest BCUT2D eigenvalue weighted by atomic mass is 10.1. The molecule has 6 heteroatoms. The van der Waals surface area contributed by atoms with E-state index in [1.54, 1.807) is 0 Å². The van der Waals surface area contributed by atoms with Crippen molar-refractivity contribution in [1.82, 2.24) is 5.32 Å². The fraction of sp³-hybridized carbons (Fsp3) is 0.600. The Bertz CT molecular complexity index is 274. The number of hydrogen-bond donors (Lipinski definition) is 1. The zero-order valence-electron chi connectivity index (χ0n) is 9.15. The summed E-state index contributed by atoms with van der Waals surface area (Å²) in [4.78, 5) is 42.7. The van der Waals surface area contributed by atoms with E-state index in [2.05, 4.69) is 10.1 Å². The van der Waals surface area contributed by atoms with Crippen molar-refractivity contribution < 1.29 is 23.9 Å². The molecule has 0 aromatic rings. The topological polar surface area (TPSA) is 89.5 Å². The summed E-state index contributed by atoms with van der Waals surface area (Å²) < 4.78 is 4.42. The van der Waals surface area contributed by atoms with Gasteiger partial charge in [0.05, 0.1) is 13.7 Å². The van der Waals surface area contributed by atoms with Crippen LogP contribution in [-0.4, -0.2) is 37.6 Å². The van der Waals surface area contributed by atoms with Crippen molar-refractivity contribution in [3.63, 3.8) is 0 Å². The van der Waals surface area contributed by atoms with Crippen molar-refractivity contribution >= 4 is 23.9 Å². The van der Waals surface area contributed by atoms with Gasteiger partial charge in [0, 0.05) is 12.8 Å². The zero-order valence-corrected chi connectivity index (χ0v) is 9.15. The van der Waals surface area contributed by atoms with Crippen LogP contribution in [0.25, 0.3) is 0 Å². The third-order valence-electron chi connectivity index (χ3n) is 1.86. The van der Waals surface area contributed by atoms with E-state index in [4.69, 9.17) is 0 Å². The molecule has 0 aliphatic rings. The highest BCUT2D eigenvalue weighted by Gasteiger charge is 2.12. The SMILES string of the molecule is COC(=O)CCCCC(=O)C(=O)NCC=O. The molecule has 0 heterocycles. The number of carbonyl (C=O) groups excluding carboxylic acids is 4. The summed E-state index contributed by atoms with van der Waals surface area (Å²) in [6.45, 7) is -0.160. The van der Waals surface area contributed by atoms with Crippen molar-refractivity contribution in [1.29, 1.82) is 0 Å². The van der Waals surface area contributed by atoms with Crippen molar-refractivity contribution in [2.24, 2.45) is 0 Å². The van der Waals surface area contributed by atoms with Crippen molar-refractivity contribution in [2.45, 2.75) is 25.7 Å². The molecule has 0 spiro atoms. The third-order valence-corrected chi connectivity index (χ3v) is 1.86. The standard InChI is InChI=1S/C10H15NO5/c1-16-9(14)5-3-2-4-8(13)10(15)11-6-7-12/h7H,2-6H2,1H3,(H,11,15). The van der Waals surface area contributed by atoms with E-state index in [0.29, 0.717) is 19.1 Å². The van der Waals surface area contributed by atoms with Crippen LogP contribution < -0.4 is 5.32 Å². The number of nitrogens with one attached hydrogen (secondary N) is 1. The highest BCUT2D eigenvalue weighted by atomic mass is 16.5. The van der Waals surface area contributed by atoms with E-state index in [-0.39, 0.29) is 25.4 Å². The first-order chi connectivity index (χ1) is 7.61. The van der Waals surface area contributed by atoms with E-state index in [1.165, 1.54) is 7.11 Å². The Kier molecular flexibility index (Phi) is 7.66. The molecule has 6 nitrogen and oxygen atoms in total. The lowest BCUT2D eigenvalue weighted by molar-refractivity contribution is -0.141. The van der Waals surface area contributed by atoms with Crippen LogP contribution in [-0.2, 0) is 23.9 Å². The summed E-state index contributed by atoms with van der Waals surface area (Å²) in [6, 6.07) is 0. The molecule has 0 aromatic heterocycles. The number of Topliss-reactive ketones (excluding diaryl/α,β-unsaturated/α-hetero) is 1. The third kappa shape index (κ3) is 6.69. The van der Waals surface area contributed by atoms with Gasteiger partial charge in [0.1, 0.15) is 6.29 Å². The van der Waals surface area contributed by atoms with Crippen molar-refractivity contribution in [3.05, 3.63) is 0 Å². The summed E-state index contributed by atoms with van der Waals surface area (Å²) >= 11 is 0. The predicted molar refractivity (Wildman–Crippen MR) is 54.6 cm³/mol. The molecule has 0 bridgehead atoms. The highest BCUT2D eigenvalue weighted by Crippen LogP contribution is 2.01. The first-order valence-corrected chi connectivity index (χ1v) is 4.93. The average Bonchev–Trinajstić information content (AvgIpc) is 2.30. The van der Waals surface area contributed by atoms with Crippen LogP contribution in [0.3, 0.4) is 0 Å². The van der Waals surface area contributed by atoms with Gasteiger partial charge in [0.25, 0.3) is 5.91 Å². The summed E-state index contributed by atoms with van der Waals surface area (Å²) in [6.07, 6.45) is 1.76. The minimum atomic E-state index is -0.759. The number of aldehydes is 1. The molecule has 0 saturated heterocycles. The van der Waals surface area contributed by atoms with Gasteiger partial charge >= 0.3 is 5.97 Å². The van der Waals surface area contributed by atoms with Gasteiger partial charge in [0.2, 0.25) is 5.78 Å². The van der Waals surface area contributed by atoms with Crippen LogP contribution in [0.1, 0.15) is 25.7 Å². The number of hydrogen-bond acceptors (Lipinski definition) is 5. The van der Waals surface area contributed by atoms with Gasteiger partial charge < -0.3 is 14.8 Å². The smallest absolute Gasteiger partial charge is 0.305 e. The maximum absolute atomic E-state index is 11.1. The number of rotatable bonds is 8. The van der Waals surface area contributed by atoms with E-state index in [9.17, 15) is 19.2 Å². The monoisotopic (exact) mass is 229 g/mol. The largest absolute Gasteiger partial charge is 0.469 e. The van der Waals surface area contributed by atoms with Gasteiger partial charge in [-0.1, -0.05) is 0 Å². The fourth-order valence-electron chi connectivity index (χ4n) is 1.00. The second kappa shape index (κ2) is 8.58. The number of methoxy groups -OCH3 is 1. The molecule has 0 radical (unpaired) electrons. The molecule has 0 rings (SSSR count). The Balaban J connectivity index is 3.60. The molecule has 90 valence electrons. The Morgan fingerprint density at radius 2 is 1.81 bits per heavy atom. The van der Waals surface area contributed by atoms with Crippen LogP contribution >= 0.6 is 0 Å². The second-order valence-corrected chi connectivity index (χ2v) is 3.08. The number of carbonyl (C=O) groups is 4. The summed E-state index contributed by atoms with van der Waals surface area (Å²) in [5, 5.41) is 2.14. The lowest BCUT2D eigenvalue weighted by Gasteiger charge is -2.00. The molecule has 0 saturated carbocycles. The Morgan fingerprint density at radius 1 is 1.19 bits per heavy atom. The van der Waals surface area contributed by atoms with E-state index in [0.717, 1.165) is 0 Å². The number of esters is 1. The van der Waals surface area contributed by atoms with Crippen molar-refractivity contribution in [2.75, 3.05) is 13.7 Å². The predicted octanol–water partition coefficient (Wildman–Crippen LogP) is -0.396. The van der Waals surface area contributed by atoms with Crippen LogP contribution in [0.5, 0.6) is 0 Å². The minimum absolute atomic E-state index is 0.0711. The number of amides is 1. The number of unbranched alkanes of at least 4 members (excludes halogenated alkanes) is 1. The summed E-state index contributed by atoms with van der Waals surface area (Å²) in [5.41, 5.74) is 0. The molecule has 1 N–H and O–H groups in total. The Labute approximate surface area is 93.3 Å². The first kappa shape index (κ1) is 14.3. The molecule has 16 heavy (non-hydrogen) atoms. The molecular formula is C10H15NO5. The Morgan fingerprint density at radius 3 is 2.38 bits per heavy atom. The first-order valence-electron chi connectivity index (χ1n) is 4.93. The van der Waals surface area contributed by atoms with Gasteiger partial charge in [-0.05, 0) is 12.8 Å². The van der Waals surface area contributed by atoms with Gasteiger partial charge in [-0.3, -0.25) is 14.4 Å². The average molecular weight is 229 g/mol. The number of ketones is 1. The number of ether oxygens (including phenoxy) is 1. The maximum atomic E-state index is 11.1. The molecule has 0 fully saturated rings. The van der Waals surface area contributed by atoms with Gasteiger partial charge in [-0.2, -0.15) is 0 Å².